The van der Waals surface area contributed by atoms with Crippen LogP contribution in [0.2, 0.25) is 0 Å². The molecule has 2 fully saturated rings. The SMILES string of the molecule is CCc1nc(CN2C[C@H]3C[C@@H](Oc4ccc(C(=O)OC)cc4)[C@H](O)C[C@H]3C2)cs1.O=CO. The zero-order valence-electron chi connectivity index (χ0n) is 18.3. The third-order valence-electron chi connectivity index (χ3n) is 6.01. The lowest BCUT2D eigenvalue weighted by Gasteiger charge is -2.35. The number of carboxylic acid groups (broad SMARTS) is 1. The summed E-state index contributed by atoms with van der Waals surface area (Å²) in [7, 11) is 1.36. The topological polar surface area (TPSA) is 109 Å². The third-order valence-corrected chi connectivity index (χ3v) is 7.05. The average molecular weight is 463 g/mol. The Labute approximate surface area is 191 Å². The number of likely N-dealkylation sites (tertiary alicyclic amines) is 1. The summed E-state index contributed by atoms with van der Waals surface area (Å²) in [5.74, 6) is 1.34. The Morgan fingerprint density at radius 2 is 1.91 bits per heavy atom. The maximum atomic E-state index is 11.6. The molecule has 2 aliphatic rings. The first-order valence-electron chi connectivity index (χ1n) is 10.7. The predicted octanol–water partition coefficient (Wildman–Crippen LogP) is 2.84. The second-order valence-corrected chi connectivity index (χ2v) is 9.06. The number of methoxy groups -OCH3 is 1. The maximum Gasteiger partial charge on any atom is 0.337 e. The van der Waals surface area contributed by atoms with Gasteiger partial charge in [-0.1, -0.05) is 6.92 Å². The lowest BCUT2D eigenvalue weighted by molar-refractivity contribution is -0.122. The Balaban J connectivity index is 0.000000913. The van der Waals surface area contributed by atoms with E-state index in [0.29, 0.717) is 23.1 Å². The monoisotopic (exact) mass is 462 g/mol. The van der Waals surface area contributed by atoms with Crippen LogP contribution < -0.4 is 4.74 Å². The summed E-state index contributed by atoms with van der Waals surface area (Å²) in [5, 5.41) is 20.9. The fourth-order valence-electron chi connectivity index (χ4n) is 4.52. The van der Waals surface area contributed by atoms with Crippen LogP contribution in [0.1, 0.15) is 40.8 Å². The van der Waals surface area contributed by atoms with Crippen molar-refractivity contribution in [3.8, 4) is 5.75 Å². The molecule has 4 atom stereocenters. The molecule has 1 aliphatic carbocycles. The number of rotatable bonds is 6. The highest BCUT2D eigenvalue weighted by Crippen LogP contribution is 2.38. The van der Waals surface area contributed by atoms with E-state index >= 15 is 0 Å². The van der Waals surface area contributed by atoms with Gasteiger partial charge in [0.2, 0.25) is 0 Å². The molecule has 174 valence electrons. The Bertz CT molecular complexity index is 887. The molecule has 1 aromatic carbocycles. The molecule has 2 N–H and O–H groups in total. The van der Waals surface area contributed by atoms with Gasteiger partial charge in [0.15, 0.2) is 0 Å². The van der Waals surface area contributed by atoms with E-state index in [9.17, 15) is 9.90 Å². The molecular weight excluding hydrogens is 432 g/mol. The molecule has 1 saturated heterocycles. The summed E-state index contributed by atoms with van der Waals surface area (Å²) in [4.78, 5) is 27.1. The van der Waals surface area contributed by atoms with Crippen LogP contribution in [-0.4, -0.2) is 64.9 Å². The van der Waals surface area contributed by atoms with E-state index in [2.05, 4.69) is 17.2 Å². The highest BCUT2D eigenvalue weighted by atomic mass is 32.1. The Morgan fingerprint density at radius 3 is 2.50 bits per heavy atom. The number of aryl methyl sites for hydroxylation is 1. The van der Waals surface area contributed by atoms with Crippen molar-refractivity contribution in [2.45, 2.75) is 44.9 Å². The van der Waals surface area contributed by atoms with Crippen LogP contribution in [0.15, 0.2) is 29.6 Å². The predicted molar refractivity (Wildman–Crippen MR) is 120 cm³/mol. The lowest BCUT2D eigenvalue weighted by atomic mass is 9.78. The molecule has 2 heterocycles. The van der Waals surface area contributed by atoms with Crippen LogP contribution >= 0.6 is 11.3 Å². The second kappa shape index (κ2) is 11.4. The van der Waals surface area contributed by atoms with Gasteiger partial charge in [0.25, 0.3) is 6.47 Å². The first-order valence-corrected chi connectivity index (χ1v) is 11.6. The van der Waals surface area contributed by atoms with Gasteiger partial charge in [0.05, 0.1) is 29.5 Å². The second-order valence-electron chi connectivity index (χ2n) is 8.12. The molecule has 9 heteroatoms. The minimum absolute atomic E-state index is 0.217. The van der Waals surface area contributed by atoms with Crippen LogP contribution in [0, 0.1) is 11.8 Å². The number of aliphatic hydroxyl groups excluding tert-OH is 1. The van der Waals surface area contributed by atoms with E-state index < -0.39 is 6.10 Å². The lowest BCUT2D eigenvalue weighted by Crippen LogP contribution is -2.42. The molecule has 4 rings (SSSR count). The van der Waals surface area contributed by atoms with Crippen molar-refractivity contribution in [1.29, 1.82) is 0 Å². The normalized spacial score (nSPS) is 24.7. The summed E-state index contributed by atoms with van der Waals surface area (Å²) >= 11 is 1.74. The highest BCUT2D eigenvalue weighted by Gasteiger charge is 2.42. The van der Waals surface area contributed by atoms with Gasteiger partial charge in [0.1, 0.15) is 11.9 Å². The van der Waals surface area contributed by atoms with Crippen LogP contribution in [0.4, 0.5) is 0 Å². The largest absolute Gasteiger partial charge is 0.488 e. The van der Waals surface area contributed by atoms with Gasteiger partial charge in [-0.2, -0.15) is 0 Å². The van der Waals surface area contributed by atoms with Crippen LogP contribution in [0.25, 0.3) is 0 Å². The number of carbonyl (C=O) groups is 2. The number of aromatic nitrogens is 1. The van der Waals surface area contributed by atoms with Gasteiger partial charge in [-0.05, 0) is 55.4 Å². The summed E-state index contributed by atoms with van der Waals surface area (Å²) in [6.07, 6.45) is 1.91. The number of fused-ring (bicyclic) bond motifs is 1. The van der Waals surface area contributed by atoms with Crippen molar-refractivity contribution < 1.29 is 29.3 Å². The van der Waals surface area contributed by atoms with E-state index in [1.54, 1.807) is 35.6 Å². The van der Waals surface area contributed by atoms with Gasteiger partial charge in [-0.3, -0.25) is 9.69 Å². The number of benzene rings is 1. The van der Waals surface area contributed by atoms with Crippen molar-refractivity contribution in [3.05, 3.63) is 45.9 Å². The number of nitrogens with zero attached hydrogens (tertiary/aromatic N) is 2. The number of aliphatic hydroxyl groups is 1. The quantitative estimate of drug-likeness (QED) is 0.498. The molecule has 32 heavy (non-hydrogen) atoms. The summed E-state index contributed by atoms with van der Waals surface area (Å²) in [6, 6.07) is 6.91. The molecular formula is C23H30N2O6S. The zero-order chi connectivity index (χ0) is 23.1. The minimum atomic E-state index is -0.470. The number of carbonyl (C=O) groups excluding carboxylic acids is 1. The average Bonchev–Trinajstić information content (AvgIpc) is 3.40. The van der Waals surface area contributed by atoms with Crippen molar-refractivity contribution >= 4 is 23.8 Å². The molecule has 8 nitrogen and oxygen atoms in total. The highest BCUT2D eigenvalue weighted by molar-refractivity contribution is 7.09. The molecule has 1 saturated carbocycles. The van der Waals surface area contributed by atoms with E-state index in [0.717, 1.165) is 44.6 Å². The van der Waals surface area contributed by atoms with Crippen molar-refractivity contribution in [2.24, 2.45) is 11.8 Å². The Kier molecular flexibility index (Phi) is 8.60. The molecule has 2 aromatic rings. The number of ether oxygens (including phenoxy) is 2. The zero-order valence-corrected chi connectivity index (χ0v) is 19.2. The Hall–Kier alpha value is -2.49. The van der Waals surface area contributed by atoms with Crippen LogP contribution in [0.5, 0.6) is 5.75 Å². The summed E-state index contributed by atoms with van der Waals surface area (Å²) < 4.78 is 10.8. The van der Waals surface area contributed by atoms with E-state index in [-0.39, 0.29) is 18.5 Å². The van der Waals surface area contributed by atoms with Crippen molar-refractivity contribution in [3.63, 3.8) is 0 Å². The summed E-state index contributed by atoms with van der Waals surface area (Å²) in [6.45, 7) is 4.82. The molecule has 0 radical (unpaired) electrons. The Morgan fingerprint density at radius 1 is 1.25 bits per heavy atom. The molecule has 0 spiro atoms. The fraction of sp³-hybridized carbons (Fsp3) is 0.522. The smallest absolute Gasteiger partial charge is 0.337 e. The van der Waals surface area contributed by atoms with E-state index in [4.69, 9.17) is 24.4 Å². The minimum Gasteiger partial charge on any atom is -0.488 e. The van der Waals surface area contributed by atoms with Gasteiger partial charge in [0, 0.05) is 25.0 Å². The molecule has 0 bridgehead atoms. The molecule has 0 unspecified atom stereocenters. The first-order chi connectivity index (χ1) is 15.5. The molecule has 0 amide bonds. The fourth-order valence-corrected chi connectivity index (χ4v) is 5.25. The van der Waals surface area contributed by atoms with E-state index in [1.807, 2.05) is 0 Å². The van der Waals surface area contributed by atoms with Crippen molar-refractivity contribution in [2.75, 3.05) is 20.2 Å². The standard InChI is InChI=1S/C22H28N2O4S.CH2O2/c1-3-21-23-17(13-29-21)12-24-10-15-8-19(25)20(9-16(15)11-24)28-18-6-4-14(5-7-18)22(26)27-2;2-1-3/h4-7,13,15-16,19-20,25H,3,8-12H2,1-2H3;1H,(H,2,3)/t15-,16+,19+,20+;/m0./s1. The van der Waals surface area contributed by atoms with Gasteiger partial charge in [-0.15, -0.1) is 11.3 Å². The number of hydrogen-bond donors (Lipinski definition) is 2. The van der Waals surface area contributed by atoms with Crippen LogP contribution in [-0.2, 0) is 22.5 Å². The van der Waals surface area contributed by atoms with Crippen LogP contribution in [0.3, 0.4) is 0 Å². The molecule has 1 aliphatic heterocycles. The van der Waals surface area contributed by atoms with Gasteiger partial charge < -0.3 is 19.7 Å². The molecule has 1 aromatic heterocycles. The van der Waals surface area contributed by atoms with E-state index in [1.165, 1.54) is 12.1 Å². The van der Waals surface area contributed by atoms with Crippen molar-refractivity contribution in [1.82, 2.24) is 9.88 Å². The summed E-state index contributed by atoms with van der Waals surface area (Å²) in [5.41, 5.74) is 1.65. The number of hydrogen-bond acceptors (Lipinski definition) is 8. The number of thiazole rings is 1. The number of esters is 1. The third kappa shape index (κ3) is 6.05. The first kappa shape index (κ1) is 24.2. The van der Waals surface area contributed by atoms with Gasteiger partial charge >= 0.3 is 5.97 Å². The van der Waals surface area contributed by atoms with Gasteiger partial charge in [-0.25, -0.2) is 9.78 Å². The maximum absolute atomic E-state index is 11.6.